The van der Waals surface area contributed by atoms with Gasteiger partial charge >= 0.3 is 0 Å². The number of hydrogen-bond donors (Lipinski definition) is 2. The fourth-order valence-electron chi connectivity index (χ4n) is 3.34. The zero-order valence-electron chi connectivity index (χ0n) is 14.4. The average molecular weight is 367 g/mol. The maximum atomic E-state index is 12.4. The molecule has 0 saturated carbocycles. The monoisotopic (exact) mass is 367 g/mol. The minimum Gasteiger partial charge on any atom is -0.372 e. The number of piperidine rings is 1. The molecule has 1 aromatic carbocycles. The van der Waals surface area contributed by atoms with Crippen molar-refractivity contribution in [3.63, 3.8) is 0 Å². The van der Waals surface area contributed by atoms with E-state index in [0.717, 1.165) is 24.0 Å². The summed E-state index contributed by atoms with van der Waals surface area (Å²) in [6.45, 7) is 3.95. The van der Waals surface area contributed by atoms with Gasteiger partial charge in [-0.1, -0.05) is 6.07 Å². The van der Waals surface area contributed by atoms with Crippen LogP contribution in [0.5, 0.6) is 0 Å². The molecule has 0 bridgehead atoms. The summed E-state index contributed by atoms with van der Waals surface area (Å²) < 4.78 is 32.6. The second kappa shape index (κ2) is 7.41. The molecule has 1 amide bonds. The molecule has 2 heterocycles. The van der Waals surface area contributed by atoms with E-state index in [1.54, 1.807) is 23.1 Å². The Labute approximate surface area is 148 Å². The molecule has 2 aliphatic heterocycles. The van der Waals surface area contributed by atoms with Gasteiger partial charge in [0.2, 0.25) is 15.9 Å². The van der Waals surface area contributed by atoms with Gasteiger partial charge in [-0.15, -0.1) is 0 Å². The van der Waals surface area contributed by atoms with Crippen LogP contribution in [0.25, 0.3) is 0 Å². The van der Waals surface area contributed by atoms with Crippen molar-refractivity contribution in [1.82, 2.24) is 9.62 Å². The first-order valence-corrected chi connectivity index (χ1v) is 10.1. The fourth-order valence-corrected chi connectivity index (χ4v) is 4.37. The molecule has 0 aromatic heterocycles. The summed E-state index contributed by atoms with van der Waals surface area (Å²) >= 11 is 0. The van der Waals surface area contributed by atoms with Crippen LogP contribution in [0, 0.1) is 5.92 Å². The van der Waals surface area contributed by atoms with E-state index in [2.05, 4.69) is 4.72 Å². The molecule has 1 aromatic rings. The van der Waals surface area contributed by atoms with Crippen LogP contribution in [0.3, 0.4) is 0 Å². The summed E-state index contributed by atoms with van der Waals surface area (Å²) in [6, 6.07) is 5.05. The van der Waals surface area contributed by atoms with E-state index in [-0.39, 0.29) is 23.4 Å². The minimum atomic E-state index is -3.71. The second-order valence-corrected chi connectivity index (χ2v) is 8.59. The van der Waals surface area contributed by atoms with Gasteiger partial charge in [-0.05, 0) is 48.9 Å². The first-order chi connectivity index (χ1) is 11.9. The lowest BCUT2D eigenvalue weighted by Gasteiger charge is -2.33. The first kappa shape index (κ1) is 18.3. The van der Waals surface area contributed by atoms with Gasteiger partial charge in [-0.2, -0.15) is 0 Å². The summed E-state index contributed by atoms with van der Waals surface area (Å²) in [5.41, 5.74) is 7.79. The molecule has 138 valence electrons. The van der Waals surface area contributed by atoms with Crippen molar-refractivity contribution in [3.8, 4) is 0 Å². The lowest BCUT2D eigenvalue weighted by atomic mass is 9.91. The molecule has 0 spiro atoms. The van der Waals surface area contributed by atoms with Gasteiger partial charge in [-0.25, -0.2) is 13.1 Å². The highest BCUT2D eigenvalue weighted by molar-refractivity contribution is 7.89. The van der Waals surface area contributed by atoms with E-state index < -0.39 is 10.0 Å². The smallest absolute Gasteiger partial charge is 0.241 e. The predicted octanol–water partition coefficient (Wildman–Crippen LogP) is 0.581. The van der Waals surface area contributed by atoms with E-state index in [1.165, 1.54) is 0 Å². The number of benzene rings is 1. The van der Waals surface area contributed by atoms with Crippen molar-refractivity contribution in [2.75, 3.05) is 19.6 Å². The van der Waals surface area contributed by atoms with E-state index in [4.69, 9.17) is 10.5 Å². The highest BCUT2D eigenvalue weighted by atomic mass is 32.2. The molecule has 1 atom stereocenters. The molecule has 25 heavy (non-hydrogen) atoms. The SMILES string of the molecule is CC(N)C1CCN(C(=O)CNS(=O)(=O)c2ccc3c(c2)COC3)CC1. The molecule has 1 unspecified atom stereocenters. The largest absolute Gasteiger partial charge is 0.372 e. The van der Waals surface area contributed by atoms with E-state index >= 15 is 0 Å². The molecule has 8 heteroatoms. The lowest BCUT2D eigenvalue weighted by Crippen LogP contribution is -2.46. The van der Waals surface area contributed by atoms with Crippen molar-refractivity contribution in [1.29, 1.82) is 0 Å². The van der Waals surface area contributed by atoms with E-state index in [9.17, 15) is 13.2 Å². The summed E-state index contributed by atoms with van der Waals surface area (Å²) in [5.74, 6) is 0.227. The zero-order valence-corrected chi connectivity index (χ0v) is 15.2. The lowest BCUT2D eigenvalue weighted by molar-refractivity contribution is -0.131. The van der Waals surface area contributed by atoms with E-state index in [1.807, 2.05) is 6.92 Å². The van der Waals surface area contributed by atoms with E-state index in [0.29, 0.717) is 32.2 Å². The number of likely N-dealkylation sites (tertiary alicyclic amines) is 1. The third kappa shape index (κ3) is 4.20. The van der Waals surface area contributed by atoms with Crippen LogP contribution >= 0.6 is 0 Å². The Hall–Kier alpha value is -1.48. The Bertz CT molecular complexity index is 740. The Morgan fingerprint density at radius 1 is 1.32 bits per heavy atom. The maximum Gasteiger partial charge on any atom is 0.241 e. The topological polar surface area (TPSA) is 102 Å². The highest BCUT2D eigenvalue weighted by Crippen LogP contribution is 2.23. The quantitative estimate of drug-likeness (QED) is 0.793. The number of hydrogen-bond acceptors (Lipinski definition) is 5. The van der Waals surface area contributed by atoms with Gasteiger partial charge in [0.1, 0.15) is 0 Å². The number of ether oxygens (including phenoxy) is 1. The molecule has 3 N–H and O–H groups in total. The van der Waals surface area contributed by atoms with Crippen LogP contribution in [-0.4, -0.2) is 44.9 Å². The first-order valence-electron chi connectivity index (χ1n) is 8.59. The van der Waals surface area contributed by atoms with Crippen LogP contribution in [-0.2, 0) is 32.8 Å². The van der Waals surface area contributed by atoms with Crippen molar-refractivity contribution >= 4 is 15.9 Å². The zero-order chi connectivity index (χ0) is 18.0. The van der Waals surface area contributed by atoms with Gasteiger partial charge in [0, 0.05) is 19.1 Å². The number of carbonyl (C=O) groups excluding carboxylic acids is 1. The normalized spacial score (nSPS) is 19.7. The molecule has 1 fully saturated rings. The van der Waals surface area contributed by atoms with Crippen LogP contribution in [0.1, 0.15) is 30.9 Å². The molecule has 0 radical (unpaired) electrons. The Balaban J connectivity index is 1.56. The summed E-state index contributed by atoms with van der Waals surface area (Å²) in [4.78, 5) is 14.2. The van der Waals surface area contributed by atoms with Gasteiger partial charge in [0.05, 0.1) is 24.7 Å². The number of carbonyl (C=O) groups is 1. The van der Waals surface area contributed by atoms with Crippen LogP contribution < -0.4 is 10.5 Å². The molecule has 0 aliphatic carbocycles. The molecular formula is C17H25N3O4S. The van der Waals surface area contributed by atoms with Crippen molar-refractivity contribution in [2.24, 2.45) is 11.7 Å². The Morgan fingerprint density at radius 2 is 2.00 bits per heavy atom. The highest BCUT2D eigenvalue weighted by Gasteiger charge is 2.26. The van der Waals surface area contributed by atoms with Gasteiger partial charge in [0.25, 0.3) is 0 Å². The third-order valence-corrected chi connectivity index (χ3v) is 6.45. The van der Waals surface area contributed by atoms with Crippen molar-refractivity contribution in [2.45, 2.75) is 43.9 Å². The minimum absolute atomic E-state index is 0.125. The number of nitrogens with one attached hydrogen (secondary N) is 1. The number of nitrogens with zero attached hydrogens (tertiary/aromatic N) is 1. The van der Waals surface area contributed by atoms with Crippen molar-refractivity contribution in [3.05, 3.63) is 29.3 Å². The average Bonchev–Trinajstić information content (AvgIpc) is 3.07. The molecular weight excluding hydrogens is 342 g/mol. The predicted molar refractivity (Wildman–Crippen MR) is 93.1 cm³/mol. The van der Waals surface area contributed by atoms with Crippen LogP contribution in [0.15, 0.2) is 23.1 Å². The summed E-state index contributed by atoms with van der Waals surface area (Å²) in [6.07, 6.45) is 1.72. The Morgan fingerprint density at radius 3 is 2.68 bits per heavy atom. The van der Waals surface area contributed by atoms with Crippen LogP contribution in [0.2, 0.25) is 0 Å². The maximum absolute atomic E-state index is 12.4. The van der Waals surface area contributed by atoms with Gasteiger partial charge in [-0.3, -0.25) is 4.79 Å². The van der Waals surface area contributed by atoms with Crippen molar-refractivity contribution < 1.29 is 17.9 Å². The number of sulfonamides is 1. The van der Waals surface area contributed by atoms with Crippen LogP contribution in [0.4, 0.5) is 0 Å². The molecule has 1 saturated heterocycles. The molecule has 2 aliphatic rings. The number of nitrogens with two attached hydrogens (primary N) is 1. The molecule has 3 rings (SSSR count). The molecule has 7 nitrogen and oxygen atoms in total. The van der Waals surface area contributed by atoms with Gasteiger partial charge in [0.15, 0.2) is 0 Å². The Kier molecular flexibility index (Phi) is 5.43. The van der Waals surface area contributed by atoms with Gasteiger partial charge < -0.3 is 15.4 Å². The summed E-state index contributed by atoms with van der Waals surface area (Å²) in [5, 5.41) is 0. The number of fused-ring (bicyclic) bond motifs is 1. The summed E-state index contributed by atoms with van der Waals surface area (Å²) in [7, 11) is -3.71. The second-order valence-electron chi connectivity index (χ2n) is 6.83. The third-order valence-electron chi connectivity index (χ3n) is 5.05. The number of rotatable bonds is 5. The standard InChI is InChI=1S/C17H25N3O4S/c1-12(18)13-4-6-20(7-5-13)17(21)9-19-25(22,23)16-3-2-14-10-24-11-15(14)8-16/h2-3,8,12-13,19H,4-7,9-11,18H2,1H3. The number of amides is 1. The fraction of sp³-hybridized carbons (Fsp3) is 0.588.